The van der Waals surface area contributed by atoms with Crippen molar-refractivity contribution in [2.75, 3.05) is 19.6 Å². The fourth-order valence-corrected chi connectivity index (χ4v) is 7.03. The fraction of sp³-hybridized carbons (Fsp3) is 0.561. The molecule has 0 aliphatic heterocycles. The zero-order valence-corrected chi connectivity index (χ0v) is 35.1. The van der Waals surface area contributed by atoms with Crippen molar-refractivity contribution in [3.8, 4) is 0 Å². The fourth-order valence-electron chi connectivity index (χ4n) is 6.13. The first kappa shape index (κ1) is 42.9. The maximum Gasteiger partial charge on any atom is 0.0216 e. The summed E-state index contributed by atoms with van der Waals surface area (Å²) in [6, 6.07) is 13.4. The van der Waals surface area contributed by atoms with Crippen molar-refractivity contribution >= 4 is 37.9 Å². The van der Waals surface area contributed by atoms with E-state index in [-0.39, 0.29) is 21.7 Å². The molecule has 9 heteroatoms. The normalized spacial score (nSPS) is 13.0. The largest absolute Gasteiger partial charge is 0.326 e. The Bertz CT molecular complexity index is 1410. The summed E-state index contributed by atoms with van der Waals surface area (Å²) >= 11 is 14.7. The molecule has 50 heavy (non-hydrogen) atoms. The SMILES string of the molecule is CC(CNCc1cc(C(C)(C)C)cc(CN)c1S)(CNCc1cc(C(C)(C)C)cc(CN)c1S)CNCc1cc(C(C)(C)C)cc(CN)c1S. The molecule has 9 N–H and O–H groups in total. The van der Waals surface area contributed by atoms with Gasteiger partial charge in [0.25, 0.3) is 0 Å². The van der Waals surface area contributed by atoms with E-state index in [2.05, 4.69) is 122 Å². The van der Waals surface area contributed by atoms with Gasteiger partial charge in [-0.05, 0) is 66.3 Å². The topological polar surface area (TPSA) is 114 Å². The molecule has 3 rings (SSSR count). The minimum atomic E-state index is -0.140. The van der Waals surface area contributed by atoms with Crippen molar-refractivity contribution in [3.05, 3.63) is 86.5 Å². The van der Waals surface area contributed by atoms with Crippen molar-refractivity contribution in [1.29, 1.82) is 0 Å². The van der Waals surface area contributed by atoms with E-state index in [0.29, 0.717) is 39.3 Å². The third-order valence-electron chi connectivity index (χ3n) is 9.66. The summed E-state index contributed by atoms with van der Waals surface area (Å²) < 4.78 is 0. The standard InChI is InChI=1S/C41H66N6S3/c1-38(2,3)32-11-26(17-42)35(48)29(14-32)20-45-23-41(10,24-46-21-30-15-33(39(4,5)6)12-27(18-43)36(30)49)25-47-22-31-16-34(40(7,8)9)13-28(19-44)37(31)50/h11-16,45-50H,17-25,42-44H2,1-10H3. The monoisotopic (exact) mass is 738 g/mol. The van der Waals surface area contributed by atoms with E-state index >= 15 is 0 Å². The van der Waals surface area contributed by atoms with Gasteiger partial charge in [0.15, 0.2) is 0 Å². The van der Waals surface area contributed by atoms with Crippen LogP contribution >= 0.6 is 37.9 Å². The van der Waals surface area contributed by atoms with Gasteiger partial charge in [0.05, 0.1) is 0 Å². The molecule has 278 valence electrons. The molecule has 0 radical (unpaired) electrons. The van der Waals surface area contributed by atoms with Crippen molar-refractivity contribution < 1.29 is 0 Å². The van der Waals surface area contributed by atoms with Crippen LogP contribution in [-0.2, 0) is 55.5 Å². The van der Waals surface area contributed by atoms with Crippen LogP contribution in [0.1, 0.15) is 119 Å². The molecule has 0 amide bonds. The molecule has 0 saturated carbocycles. The van der Waals surface area contributed by atoms with Crippen LogP contribution in [0.2, 0.25) is 0 Å². The van der Waals surface area contributed by atoms with Gasteiger partial charge < -0.3 is 33.2 Å². The third kappa shape index (κ3) is 11.5. The van der Waals surface area contributed by atoms with Gasteiger partial charge >= 0.3 is 0 Å². The highest BCUT2D eigenvalue weighted by Gasteiger charge is 2.26. The Labute approximate surface area is 320 Å². The van der Waals surface area contributed by atoms with Crippen LogP contribution in [0.15, 0.2) is 51.1 Å². The number of nitrogens with two attached hydrogens (primary N) is 3. The van der Waals surface area contributed by atoms with Crippen LogP contribution in [0.25, 0.3) is 0 Å². The van der Waals surface area contributed by atoms with Crippen LogP contribution in [0.4, 0.5) is 0 Å². The zero-order chi connectivity index (χ0) is 37.7. The first-order valence-electron chi connectivity index (χ1n) is 17.9. The Morgan fingerprint density at radius 2 is 0.640 bits per heavy atom. The molecule has 0 saturated heterocycles. The smallest absolute Gasteiger partial charge is 0.0216 e. The van der Waals surface area contributed by atoms with E-state index in [1.165, 1.54) is 33.4 Å². The number of hydrogen-bond donors (Lipinski definition) is 9. The molecule has 0 aliphatic carbocycles. The lowest BCUT2D eigenvalue weighted by atomic mass is 9.84. The van der Waals surface area contributed by atoms with Gasteiger partial charge in [-0.1, -0.05) is 106 Å². The summed E-state index contributed by atoms with van der Waals surface area (Å²) in [5.41, 5.74) is 28.9. The summed E-state index contributed by atoms with van der Waals surface area (Å²) in [6.07, 6.45) is 0. The molecule has 0 aromatic heterocycles. The summed E-state index contributed by atoms with van der Waals surface area (Å²) in [6.45, 7) is 28.3. The molecule has 0 heterocycles. The second-order valence-electron chi connectivity index (χ2n) is 17.4. The van der Waals surface area contributed by atoms with Crippen LogP contribution in [0, 0.1) is 5.41 Å². The third-order valence-corrected chi connectivity index (χ3v) is 11.4. The van der Waals surface area contributed by atoms with Crippen molar-refractivity contribution in [2.45, 2.75) is 139 Å². The molecule has 0 atom stereocenters. The second-order valence-corrected chi connectivity index (χ2v) is 18.8. The Kier molecular flexibility index (Phi) is 15.0. The number of rotatable bonds is 15. The lowest BCUT2D eigenvalue weighted by Gasteiger charge is -2.32. The number of hydrogen-bond acceptors (Lipinski definition) is 9. The minimum absolute atomic E-state index is 0.0162. The molecule has 0 spiro atoms. The molecule has 3 aromatic rings. The van der Waals surface area contributed by atoms with E-state index < -0.39 is 0 Å². The van der Waals surface area contributed by atoms with Crippen LogP contribution in [0.5, 0.6) is 0 Å². The molecular formula is C41H66N6S3. The summed E-state index contributed by atoms with van der Waals surface area (Å²) in [4.78, 5) is 2.91. The van der Waals surface area contributed by atoms with Gasteiger partial charge in [0.1, 0.15) is 0 Å². The van der Waals surface area contributed by atoms with Gasteiger partial charge in [-0.3, -0.25) is 0 Å². The van der Waals surface area contributed by atoms with Gasteiger partial charge in [-0.2, -0.15) is 0 Å². The molecular weight excluding hydrogens is 673 g/mol. The molecule has 3 aromatic carbocycles. The quantitative estimate of drug-likeness (QED) is 0.0747. The van der Waals surface area contributed by atoms with Gasteiger partial charge in [-0.15, -0.1) is 37.9 Å². The lowest BCUT2D eigenvalue weighted by molar-refractivity contribution is 0.271. The summed E-state index contributed by atoms with van der Waals surface area (Å²) in [5.74, 6) is 0. The first-order chi connectivity index (χ1) is 23.1. The Morgan fingerprint density at radius 1 is 0.420 bits per heavy atom. The predicted molar refractivity (Wildman–Crippen MR) is 224 cm³/mol. The highest BCUT2D eigenvalue weighted by Crippen LogP contribution is 2.32. The lowest BCUT2D eigenvalue weighted by Crippen LogP contribution is -2.46. The molecule has 0 unspecified atom stereocenters. The van der Waals surface area contributed by atoms with Gasteiger partial charge in [-0.25, -0.2) is 0 Å². The Morgan fingerprint density at radius 3 is 0.840 bits per heavy atom. The maximum absolute atomic E-state index is 6.15. The Hall–Kier alpha value is -1.53. The summed E-state index contributed by atoms with van der Waals surface area (Å²) in [7, 11) is 0. The van der Waals surface area contributed by atoms with E-state index in [0.717, 1.165) is 51.0 Å². The highest BCUT2D eigenvalue weighted by atomic mass is 32.1. The molecule has 0 aliphatic rings. The average molecular weight is 739 g/mol. The van der Waals surface area contributed by atoms with Gasteiger partial charge in [0.2, 0.25) is 0 Å². The van der Waals surface area contributed by atoms with Crippen LogP contribution < -0.4 is 33.2 Å². The summed E-state index contributed by atoms with van der Waals surface area (Å²) in [5, 5.41) is 11.4. The Balaban J connectivity index is 1.86. The highest BCUT2D eigenvalue weighted by molar-refractivity contribution is 7.80. The maximum atomic E-state index is 6.15. The van der Waals surface area contributed by atoms with Crippen molar-refractivity contribution in [1.82, 2.24) is 16.0 Å². The number of benzene rings is 3. The van der Waals surface area contributed by atoms with E-state index in [1.807, 2.05) is 0 Å². The van der Waals surface area contributed by atoms with Crippen LogP contribution in [-0.4, -0.2) is 19.6 Å². The van der Waals surface area contributed by atoms with E-state index in [9.17, 15) is 0 Å². The van der Waals surface area contributed by atoms with Gasteiger partial charge in [0, 0.05) is 79.0 Å². The van der Waals surface area contributed by atoms with E-state index in [4.69, 9.17) is 55.1 Å². The second kappa shape index (κ2) is 17.5. The molecule has 6 nitrogen and oxygen atoms in total. The zero-order valence-electron chi connectivity index (χ0n) is 32.4. The molecule has 0 bridgehead atoms. The predicted octanol–water partition coefficient (Wildman–Crippen LogP) is 7.50. The molecule has 0 fully saturated rings. The van der Waals surface area contributed by atoms with Crippen molar-refractivity contribution in [3.63, 3.8) is 0 Å². The minimum Gasteiger partial charge on any atom is -0.326 e. The van der Waals surface area contributed by atoms with Crippen LogP contribution in [0.3, 0.4) is 0 Å². The van der Waals surface area contributed by atoms with E-state index in [1.54, 1.807) is 0 Å². The van der Waals surface area contributed by atoms with Crippen molar-refractivity contribution in [2.24, 2.45) is 22.6 Å². The average Bonchev–Trinajstić information content (AvgIpc) is 3.01. The number of thiol groups is 3. The number of nitrogens with one attached hydrogen (secondary N) is 3. The first-order valence-corrected chi connectivity index (χ1v) is 19.3.